The number of anilines is 1. The predicted molar refractivity (Wildman–Crippen MR) is 138 cm³/mol. The minimum atomic E-state index is -0.737. The van der Waals surface area contributed by atoms with E-state index in [-0.39, 0.29) is 35.3 Å². The predicted octanol–water partition coefficient (Wildman–Crippen LogP) is 2.53. The largest absolute Gasteiger partial charge is 0.503 e. The number of hydrogen-bond donors (Lipinski definition) is 2. The van der Waals surface area contributed by atoms with Gasteiger partial charge in [0.2, 0.25) is 0 Å². The molecule has 3 aromatic rings. The van der Waals surface area contributed by atoms with Gasteiger partial charge in [-0.2, -0.15) is 5.10 Å². The number of imidazole rings is 1. The number of nitrogens with one attached hydrogen (secondary N) is 1. The summed E-state index contributed by atoms with van der Waals surface area (Å²) in [5.74, 6) is 9.52. The number of benzene rings is 1. The highest BCUT2D eigenvalue weighted by atomic mass is 19.1. The van der Waals surface area contributed by atoms with E-state index in [4.69, 9.17) is 10.5 Å². The molecule has 10 nitrogen and oxygen atoms in total. The van der Waals surface area contributed by atoms with Crippen molar-refractivity contribution in [2.75, 3.05) is 26.0 Å². The van der Waals surface area contributed by atoms with Crippen LogP contribution in [0, 0.1) is 29.5 Å². The molecule has 0 unspecified atom stereocenters. The number of methoxy groups -OCH3 is 1. The maximum Gasteiger partial charge on any atom is 0.302 e. The number of fused-ring (bicyclic) bond motifs is 1. The first-order chi connectivity index (χ1) is 18.4. The van der Waals surface area contributed by atoms with Crippen molar-refractivity contribution in [1.29, 1.82) is 0 Å². The van der Waals surface area contributed by atoms with Crippen LogP contribution in [0.5, 0.6) is 0 Å². The fraction of sp³-hybridized carbons (Fsp3) is 0.333. The van der Waals surface area contributed by atoms with E-state index in [0.29, 0.717) is 29.5 Å². The van der Waals surface area contributed by atoms with E-state index in [0.717, 1.165) is 18.4 Å². The van der Waals surface area contributed by atoms with Gasteiger partial charge in [-0.05, 0) is 37.7 Å². The smallest absolute Gasteiger partial charge is 0.302 e. The molecule has 1 atom stereocenters. The minimum Gasteiger partial charge on any atom is -0.503 e. The van der Waals surface area contributed by atoms with E-state index in [1.54, 1.807) is 31.0 Å². The lowest BCUT2D eigenvalue weighted by Crippen LogP contribution is -2.27. The van der Waals surface area contributed by atoms with E-state index in [9.17, 15) is 14.0 Å². The van der Waals surface area contributed by atoms with Gasteiger partial charge in [-0.15, -0.1) is 0 Å². The van der Waals surface area contributed by atoms with Crippen LogP contribution in [0.4, 0.5) is 10.2 Å². The molecule has 0 radical (unpaired) electrons. The number of halogens is 1. The van der Waals surface area contributed by atoms with Crippen molar-refractivity contribution in [3.8, 4) is 23.7 Å². The van der Waals surface area contributed by atoms with Crippen molar-refractivity contribution < 1.29 is 18.7 Å². The van der Waals surface area contributed by atoms with Crippen LogP contribution in [0.1, 0.15) is 59.9 Å². The number of carbonyl (C=O) groups is 2. The topological polar surface area (TPSA) is 120 Å². The molecule has 2 aromatic heterocycles. The van der Waals surface area contributed by atoms with Gasteiger partial charge in [-0.25, -0.2) is 14.1 Å². The first-order valence-electron chi connectivity index (χ1n) is 12.1. The zero-order chi connectivity index (χ0) is 27.0. The molecule has 0 spiro atoms. The third kappa shape index (κ3) is 4.43. The molecule has 2 aliphatic rings. The summed E-state index contributed by atoms with van der Waals surface area (Å²) in [7, 11) is 3.13. The molecule has 3 heterocycles. The first kappa shape index (κ1) is 24.9. The quantitative estimate of drug-likeness (QED) is 0.398. The third-order valence-corrected chi connectivity index (χ3v) is 6.57. The summed E-state index contributed by atoms with van der Waals surface area (Å²) in [6.07, 6.45) is 5.71. The summed E-state index contributed by atoms with van der Waals surface area (Å²) < 4.78 is 23.7. The lowest BCUT2D eigenvalue weighted by molar-refractivity contribution is -0.122. The Hall–Kier alpha value is -4.77. The van der Waals surface area contributed by atoms with E-state index >= 15 is 0 Å². The molecule has 1 aliphatic carbocycles. The van der Waals surface area contributed by atoms with Crippen molar-refractivity contribution >= 4 is 28.7 Å². The highest BCUT2D eigenvalue weighted by molar-refractivity contribution is 6.00. The van der Waals surface area contributed by atoms with Crippen molar-refractivity contribution in [2.45, 2.75) is 38.3 Å². The second kappa shape index (κ2) is 9.94. The van der Waals surface area contributed by atoms with Gasteiger partial charge in [0, 0.05) is 32.1 Å². The Morgan fingerprint density at radius 2 is 2.05 bits per heavy atom. The van der Waals surface area contributed by atoms with Crippen LogP contribution in [0.15, 0.2) is 30.4 Å². The molecule has 11 heteroatoms. The Labute approximate surface area is 218 Å². The lowest BCUT2D eigenvalue weighted by Gasteiger charge is -2.16. The molecule has 3 N–H and O–H groups in total. The fourth-order valence-electron chi connectivity index (χ4n) is 4.72. The summed E-state index contributed by atoms with van der Waals surface area (Å²) in [4.78, 5) is 30.9. The number of hydrogen-bond acceptors (Lipinski definition) is 6. The Morgan fingerprint density at radius 3 is 2.71 bits per heavy atom. The monoisotopic (exact) mass is 515 g/mol. The second-order valence-corrected chi connectivity index (χ2v) is 9.08. The van der Waals surface area contributed by atoms with Gasteiger partial charge >= 0.3 is 5.91 Å². The summed E-state index contributed by atoms with van der Waals surface area (Å²) in [6, 6.07) is 3.04. The Bertz CT molecular complexity index is 1610. The van der Waals surface area contributed by atoms with E-state index in [1.165, 1.54) is 24.3 Å². The number of likely N-dealkylation sites (tertiary alicyclic amines) is 1. The van der Waals surface area contributed by atoms with Crippen molar-refractivity contribution in [3.05, 3.63) is 53.1 Å². The number of amides is 2. The average Bonchev–Trinajstić information content (AvgIpc) is 3.34. The normalized spacial score (nSPS) is 17.6. The number of ether oxygens (including phenoxy) is 1. The molecule has 1 aliphatic heterocycles. The zero-order valence-corrected chi connectivity index (χ0v) is 21.2. The van der Waals surface area contributed by atoms with Crippen molar-refractivity contribution in [1.82, 2.24) is 24.2 Å². The van der Waals surface area contributed by atoms with Crippen LogP contribution >= 0.6 is 0 Å². The number of nitrogens with zero attached hydrogens (tertiary/aromatic N) is 5. The Kier molecular flexibility index (Phi) is 6.52. The van der Waals surface area contributed by atoms with Gasteiger partial charge in [0.1, 0.15) is 23.5 Å². The molecule has 2 amide bonds. The van der Waals surface area contributed by atoms with Gasteiger partial charge in [-0.1, -0.05) is 11.8 Å². The lowest BCUT2D eigenvalue weighted by atomic mass is 10.1. The molecule has 1 saturated heterocycles. The number of rotatable bonds is 5. The molecule has 194 valence electrons. The summed E-state index contributed by atoms with van der Waals surface area (Å²) in [5, 5.41) is 7.53. The molecule has 38 heavy (non-hydrogen) atoms. The molecule has 2 fully saturated rings. The van der Waals surface area contributed by atoms with E-state index in [2.05, 4.69) is 39.1 Å². The maximum absolute atomic E-state index is 15.0. The van der Waals surface area contributed by atoms with Gasteiger partial charge in [0.05, 0.1) is 41.8 Å². The molecule has 1 saturated carbocycles. The Balaban J connectivity index is 1.53. The minimum absolute atomic E-state index is 0.0786. The van der Waals surface area contributed by atoms with Crippen molar-refractivity contribution in [3.63, 3.8) is 0 Å². The van der Waals surface area contributed by atoms with Crippen LogP contribution < -0.4 is 11.1 Å². The van der Waals surface area contributed by atoms with Gasteiger partial charge in [-0.3, -0.25) is 9.59 Å². The van der Waals surface area contributed by atoms with Gasteiger partial charge < -0.3 is 25.3 Å². The standard InChI is InChI=1S/C27H26FN7O3/c1-4-5-24(36)33-13-18(11-19(33)14-38-3)35-27(30-2)25(26(29)37)21(32-35)9-6-16-10-22-23(12-20(16)28)34(15-31-22)17-7-8-17/h10,12,14-15,17-18,30H,7-8,11,13H2,1-3H3,(H2,29,37)/b19-14+/t18-/m0/s1. The maximum atomic E-state index is 15.0. The highest BCUT2D eigenvalue weighted by Gasteiger charge is 2.35. The number of nitrogens with two attached hydrogens (primary N) is 1. The molecular weight excluding hydrogens is 489 g/mol. The van der Waals surface area contributed by atoms with Gasteiger partial charge in [0.15, 0.2) is 5.69 Å². The summed E-state index contributed by atoms with van der Waals surface area (Å²) in [6.45, 7) is 1.83. The van der Waals surface area contributed by atoms with E-state index in [1.807, 2.05) is 4.57 Å². The zero-order valence-electron chi connectivity index (χ0n) is 21.2. The van der Waals surface area contributed by atoms with Crippen LogP contribution in [0.3, 0.4) is 0 Å². The first-order valence-corrected chi connectivity index (χ1v) is 12.1. The highest BCUT2D eigenvalue weighted by Crippen LogP contribution is 2.37. The number of allylic oxidation sites excluding steroid dienone is 1. The molecule has 0 bridgehead atoms. The summed E-state index contributed by atoms with van der Waals surface area (Å²) in [5.41, 5.74) is 8.00. The van der Waals surface area contributed by atoms with E-state index < -0.39 is 11.7 Å². The Morgan fingerprint density at radius 1 is 1.26 bits per heavy atom. The van der Waals surface area contributed by atoms with Crippen LogP contribution in [-0.4, -0.2) is 56.7 Å². The van der Waals surface area contributed by atoms with Gasteiger partial charge in [0.25, 0.3) is 5.91 Å². The van der Waals surface area contributed by atoms with Crippen LogP contribution in [-0.2, 0) is 9.53 Å². The molecular formula is C27H26FN7O3. The number of carbonyl (C=O) groups excluding carboxylic acids is 2. The second-order valence-electron chi connectivity index (χ2n) is 9.08. The number of primary amides is 1. The van der Waals surface area contributed by atoms with Crippen LogP contribution in [0.2, 0.25) is 0 Å². The number of aromatic nitrogens is 4. The van der Waals surface area contributed by atoms with Crippen LogP contribution in [0.25, 0.3) is 11.0 Å². The third-order valence-electron chi connectivity index (χ3n) is 6.57. The molecule has 1 aromatic carbocycles. The SMILES string of the molecule is CC#CC(=O)N1C[C@@H](n2nc(C#Cc3cc4ncn(C5CC5)c4cc3F)c(C(N)=O)c2NC)C/C1=C\OC. The fourth-order valence-corrected chi connectivity index (χ4v) is 4.72. The average molecular weight is 516 g/mol. The van der Waals surface area contributed by atoms with Crippen molar-refractivity contribution in [2.24, 2.45) is 5.73 Å². The summed E-state index contributed by atoms with van der Waals surface area (Å²) >= 11 is 0. The molecule has 5 rings (SSSR count).